The van der Waals surface area contributed by atoms with Crippen molar-refractivity contribution in [3.8, 4) is 11.1 Å². The fourth-order valence-electron chi connectivity index (χ4n) is 3.38. The molecule has 2 aromatic rings. The molecule has 2 aromatic carbocycles. The van der Waals surface area contributed by atoms with Gasteiger partial charge in [0.1, 0.15) is 0 Å². The number of nitrogens with one attached hydrogen (secondary N) is 2. The summed E-state index contributed by atoms with van der Waals surface area (Å²) in [6.07, 6.45) is -3.27. The van der Waals surface area contributed by atoms with Crippen LogP contribution in [0.3, 0.4) is 0 Å². The summed E-state index contributed by atoms with van der Waals surface area (Å²) in [4.78, 5) is 0. The summed E-state index contributed by atoms with van der Waals surface area (Å²) in [7, 11) is 0. The Morgan fingerprint density at radius 3 is 2.50 bits per heavy atom. The van der Waals surface area contributed by atoms with Crippen molar-refractivity contribution in [1.82, 2.24) is 10.6 Å². The summed E-state index contributed by atoms with van der Waals surface area (Å²) < 4.78 is 39.0. The maximum atomic E-state index is 13.0. The zero-order chi connectivity index (χ0) is 16.7. The summed E-state index contributed by atoms with van der Waals surface area (Å²) in [6.45, 7) is 2.00. The number of rotatable bonds is 4. The van der Waals surface area contributed by atoms with Gasteiger partial charge in [0, 0.05) is 31.1 Å². The van der Waals surface area contributed by atoms with E-state index in [1.54, 1.807) is 6.07 Å². The van der Waals surface area contributed by atoms with Crippen LogP contribution in [0.15, 0.2) is 48.5 Å². The Balaban J connectivity index is 1.60. The molecule has 2 atom stereocenters. The molecule has 2 aliphatic rings. The summed E-state index contributed by atoms with van der Waals surface area (Å²) in [6, 6.07) is 14.4. The van der Waals surface area contributed by atoms with Crippen LogP contribution >= 0.6 is 0 Å². The molecule has 1 heterocycles. The maximum Gasteiger partial charge on any atom is 0.416 e. The van der Waals surface area contributed by atoms with E-state index in [1.165, 1.54) is 12.1 Å². The van der Waals surface area contributed by atoms with Gasteiger partial charge in [-0.1, -0.05) is 36.4 Å². The molecule has 2 N–H and O–H groups in total. The first-order valence-electron chi connectivity index (χ1n) is 8.26. The lowest BCUT2D eigenvalue weighted by Gasteiger charge is -2.28. The van der Waals surface area contributed by atoms with Gasteiger partial charge in [-0.3, -0.25) is 0 Å². The highest BCUT2D eigenvalue weighted by atomic mass is 19.4. The van der Waals surface area contributed by atoms with E-state index < -0.39 is 11.7 Å². The van der Waals surface area contributed by atoms with Crippen LogP contribution in [0.5, 0.6) is 0 Å². The van der Waals surface area contributed by atoms with Gasteiger partial charge in [-0.2, -0.15) is 13.2 Å². The molecule has 0 aromatic heterocycles. The third-order valence-electron chi connectivity index (χ3n) is 4.88. The Kier molecular flexibility index (Phi) is 3.85. The quantitative estimate of drug-likeness (QED) is 0.890. The summed E-state index contributed by atoms with van der Waals surface area (Å²) in [5.74, 6) is 0.386. The number of benzene rings is 2. The van der Waals surface area contributed by atoms with Crippen LogP contribution in [0.2, 0.25) is 0 Å². The van der Waals surface area contributed by atoms with Crippen molar-refractivity contribution in [2.75, 3.05) is 13.1 Å². The van der Waals surface area contributed by atoms with Gasteiger partial charge in [-0.15, -0.1) is 0 Å². The Hall–Kier alpha value is -1.85. The minimum atomic E-state index is -4.31. The molecule has 1 aliphatic heterocycles. The highest BCUT2D eigenvalue weighted by molar-refractivity contribution is 5.69. The fourth-order valence-corrected chi connectivity index (χ4v) is 3.38. The van der Waals surface area contributed by atoms with E-state index in [-0.39, 0.29) is 0 Å². The van der Waals surface area contributed by atoms with E-state index in [0.29, 0.717) is 23.6 Å². The lowest BCUT2D eigenvalue weighted by molar-refractivity contribution is -0.137. The van der Waals surface area contributed by atoms with E-state index in [4.69, 9.17) is 0 Å². The van der Waals surface area contributed by atoms with Crippen LogP contribution in [-0.4, -0.2) is 25.2 Å². The van der Waals surface area contributed by atoms with Crippen molar-refractivity contribution in [3.63, 3.8) is 0 Å². The largest absolute Gasteiger partial charge is 0.416 e. The first kappa shape index (κ1) is 15.7. The van der Waals surface area contributed by atoms with Gasteiger partial charge in [0.05, 0.1) is 5.56 Å². The lowest BCUT2D eigenvalue weighted by atomic mass is 9.95. The molecule has 0 spiro atoms. The summed E-state index contributed by atoms with van der Waals surface area (Å²) >= 11 is 0. The van der Waals surface area contributed by atoms with Gasteiger partial charge in [0.15, 0.2) is 0 Å². The SMILES string of the molecule is FC(F)(F)c1cccc(-c2ccccc2[C@@H]2C[C@H]2NC2CNC2)c1. The van der Waals surface area contributed by atoms with Gasteiger partial charge in [0.2, 0.25) is 0 Å². The summed E-state index contributed by atoms with van der Waals surface area (Å²) in [5, 5.41) is 6.85. The Morgan fingerprint density at radius 1 is 1.00 bits per heavy atom. The molecular weight excluding hydrogens is 313 g/mol. The first-order valence-corrected chi connectivity index (χ1v) is 8.26. The molecular formula is C19H19F3N2. The molecule has 5 heteroatoms. The standard InChI is InChI=1S/C19H19F3N2/c20-19(21,22)13-5-3-4-12(8-13)15-6-1-2-7-16(15)17-9-18(17)24-14-10-23-11-14/h1-8,14,17-18,23-24H,9-11H2/t17-,18+/m0/s1. The van der Waals surface area contributed by atoms with Gasteiger partial charge in [0.25, 0.3) is 0 Å². The zero-order valence-electron chi connectivity index (χ0n) is 13.1. The minimum Gasteiger partial charge on any atom is -0.314 e. The average molecular weight is 332 g/mol. The number of hydrogen-bond acceptors (Lipinski definition) is 2. The fraction of sp³-hybridized carbons (Fsp3) is 0.368. The number of alkyl halides is 3. The second kappa shape index (κ2) is 5.90. The molecule has 126 valence electrons. The molecule has 2 fully saturated rings. The predicted molar refractivity (Wildman–Crippen MR) is 87.8 cm³/mol. The van der Waals surface area contributed by atoms with Crippen LogP contribution in [-0.2, 0) is 6.18 Å². The van der Waals surface area contributed by atoms with Crippen molar-refractivity contribution in [2.45, 2.75) is 30.6 Å². The molecule has 0 bridgehead atoms. The Labute approximate surface area is 139 Å². The van der Waals surface area contributed by atoms with E-state index >= 15 is 0 Å². The zero-order valence-corrected chi connectivity index (χ0v) is 13.1. The van der Waals surface area contributed by atoms with Gasteiger partial charge in [-0.05, 0) is 35.2 Å². The van der Waals surface area contributed by atoms with E-state index in [0.717, 1.165) is 36.7 Å². The summed E-state index contributed by atoms with van der Waals surface area (Å²) in [5.41, 5.74) is 2.09. The topological polar surface area (TPSA) is 24.1 Å². The first-order chi connectivity index (χ1) is 11.5. The monoisotopic (exact) mass is 332 g/mol. The third kappa shape index (κ3) is 3.06. The van der Waals surface area contributed by atoms with Crippen LogP contribution < -0.4 is 10.6 Å². The molecule has 1 saturated heterocycles. The molecule has 0 radical (unpaired) electrons. The van der Waals surface area contributed by atoms with Crippen molar-refractivity contribution in [2.24, 2.45) is 0 Å². The molecule has 1 aliphatic carbocycles. The van der Waals surface area contributed by atoms with Crippen molar-refractivity contribution in [3.05, 3.63) is 59.7 Å². The predicted octanol–water partition coefficient (Wildman–Crippen LogP) is 3.79. The molecule has 0 unspecified atom stereocenters. The average Bonchev–Trinajstić information content (AvgIpc) is 3.30. The van der Waals surface area contributed by atoms with Gasteiger partial charge >= 0.3 is 6.18 Å². The normalized spacial score (nSPS) is 23.8. The van der Waals surface area contributed by atoms with E-state index in [1.807, 2.05) is 24.3 Å². The lowest BCUT2D eigenvalue weighted by Crippen LogP contribution is -2.56. The Bertz CT molecular complexity index is 737. The number of halogens is 3. The van der Waals surface area contributed by atoms with Gasteiger partial charge in [-0.25, -0.2) is 0 Å². The number of hydrogen-bond donors (Lipinski definition) is 2. The second-order valence-corrected chi connectivity index (χ2v) is 6.64. The van der Waals surface area contributed by atoms with Crippen LogP contribution in [0.1, 0.15) is 23.5 Å². The minimum absolute atomic E-state index is 0.386. The molecule has 2 nitrogen and oxygen atoms in total. The molecule has 24 heavy (non-hydrogen) atoms. The van der Waals surface area contributed by atoms with Crippen LogP contribution in [0, 0.1) is 0 Å². The van der Waals surface area contributed by atoms with E-state index in [9.17, 15) is 13.2 Å². The molecule has 1 saturated carbocycles. The highest BCUT2D eigenvalue weighted by Crippen LogP contribution is 2.45. The van der Waals surface area contributed by atoms with Crippen LogP contribution in [0.4, 0.5) is 13.2 Å². The van der Waals surface area contributed by atoms with Crippen molar-refractivity contribution in [1.29, 1.82) is 0 Å². The van der Waals surface area contributed by atoms with Crippen molar-refractivity contribution >= 4 is 0 Å². The van der Waals surface area contributed by atoms with E-state index in [2.05, 4.69) is 10.6 Å². The second-order valence-electron chi connectivity index (χ2n) is 6.64. The van der Waals surface area contributed by atoms with Gasteiger partial charge < -0.3 is 10.6 Å². The smallest absolute Gasteiger partial charge is 0.314 e. The Morgan fingerprint density at radius 2 is 1.79 bits per heavy atom. The molecule has 4 rings (SSSR count). The van der Waals surface area contributed by atoms with Crippen LogP contribution in [0.25, 0.3) is 11.1 Å². The third-order valence-corrected chi connectivity index (χ3v) is 4.88. The van der Waals surface area contributed by atoms with Crippen molar-refractivity contribution < 1.29 is 13.2 Å². The molecule has 0 amide bonds. The highest BCUT2D eigenvalue weighted by Gasteiger charge is 2.41. The maximum absolute atomic E-state index is 13.0.